The number of carboxylic acids is 1. The molecule has 7 nitrogen and oxygen atoms in total. The molecule has 9 heteroatoms. The molecule has 0 saturated heterocycles. The lowest BCUT2D eigenvalue weighted by molar-refractivity contribution is -0.152. The zero-order valence-corrected chi connectivity index (χ0v) is 12.5. The van der Waals surface area contributed by atoms with Gasteiger partial charge in [-0.15, -0.1) is 0 Å². The monoisotopic (exact) mass is 343 g/mol. The summed E-state index contributed by atoms with van der Waals surface area (Å²) in [6.45, 7) is -3.13. The van der Waals surface area contributed by atoms with E-state index in [9.17, 15) is 18.4 Å². The molecule has 2 atom stereocenters. The molecule has 1 aliphatic carbocycles. The van der Waals surface area contributed by atoms with E-state index in [0.29, 0.717) is 24.2 Å². The molecule has 1 heterocycles. The Morgan fingerprint density at radius 3 is 2.50 bits per heavy atom. The molecule has 1 amide bonds. The molecule has 1 aliphatic heterocycles. The van der Waals surface area contributed by atoms with Crippen LogP contribution in [0.4, 0.5) is 8.78 Å². The van der Waals surface area contributed by atoms with Gasteiger partial charge in [-0.3, -0.25) is 9.59 Å². The van der Waals surface area contributed by atoms with Crippen molar-refractivity contribution in [2.45, 2.75) is 26.0 Å². The molecule has 0 bridgehead atoms. The summed E-state index contributed by atoms with van der Waals surface area (Å²) in [5, 5.41) is 11.5. The first-order valence-electron chi connectivity index (χ1n) is 7.33. The quantitative estimate of drug-likeness (QED) is 0.817. The standard InChI is InChI=1S/C15H15F2NO6/c16-15(17)24-10-4-12-11(22-6-23-12)3-7(10)5-18-13(19)8-1-2-9(8)14(20)21/h3-4,8-9,15H,1-2,5-6H2,(H,18,19)(H,20,21)/t8-,9+/m0/s1. The summed E-state index contributed by atoms with van der Waals surface area (Å²) in [6, 6.07) is 2.73. The molecule has 1 aromatic rings. The van der Waals surface area contributed by atoms with Crippen molar-refractivity contribution in [1.29, 1.82) is 0 Å². The molecule has 24 heavy (non-hydrogen) atoms. The van der Waals surface area contributed by atoms with Crippen molar-refractivity contribution in [3.63, 3.8) is 0 Å². The van der Waals surface area contributed by atoms with E-state index in [1.165, 1.54) is 12.1 Å². The lowest BCUT2D eigenvalue weighted by atomic mass is 9.73. The second-order valence-corrected chi connectivity index (χ2v) is 5.54. The maximum atomic E-state index is 12.5. The van der Waals surface area contributed by atoms with Crippen LogP contribution in [-0.4, -0.2) is 30.4 Å². The van der Waals surface area contributed by atoms with Gasteiger partial charge in [-0.25, -0.2) is 0 Å². The van der Waals surface area contributed by atoms with E-state index in [1.54, 1.807) is 0 Å². The molecule has 1 aromatic carbocycles. The van der Waals surface area contributed by atoms with Crippen molar-refractivity contribution >= 4 is 11.9 Å². The number of fused-ring (bicyclic) bond motifs is 1. The second kappa shape index (κ2) is 6.50. The van der Waals surface area contributed by atoms with E-state index in [-0.39, 0.29) is 24.8 Å². The number of halogens is 2. The maximum absolute atomic E-state index is 12.5. The molecular formula is C15H15F2NO6. The predicted molar refractivity (Wildman–Crippen MR) is 74.9 cm³/mol. The molecule has 0 unspecified atom stereocenters. The van der Waals surface area contributed by atoms with Crippen molar-refractivity contribution in [3.05, 3.63) is 17.7 Å². The fourth-order valence-corrected chi connectivity index (χ4v) is 2.73. The van der Waals surface area contributed by atoms with Crippen LogP contribution in [0.15, 0.2) is 12.1 Å². The second-order valence-electron chi connectivity index (χ2n) is 5.54. The van der Waals surface area contributed by atoms with E-state index in [2.05, 4.69) is 10.1 Å². The molecule has 2 N–H and O–H groups in total. The summed E-state index contributed by atoms with van der Waals surface area (Å²) >= 11 is 0. The van der Waals surface area contributed by atoms with E-state index in [1.807, 2.05) is 0 Å². The zero-order valence-electron chi connectivity index (χ0n) is 12.5. The Bertz CT molecular complexity index is 666. The topological polar surface area (TPSA) is 94.1 Å². The number of rotatable bonds is 6. The highest BCUT2D eigenvalue weighted by atomic mass is 19.3. The molecule has 0 spiro atoms. The summed E-state index contributed by atoms with van der Waals surface area (Å²) in [7, 11) is 0. The molecule has 1 fully saturated rings. The maximum Gasteiger partial charge on any atom is 0.387 e. The summed E-state index contributed by atoms with van der Waals surface area (Å²) in [5.41, 5.74) is 0.291. The summed E-state index contributed by atoms with van der Waals surface area (Å²) in [5.74, 6) is -2.20. The third-order valence-electron chi connectivity index (χ3n) is 4.15. The van der Waals surface area contributed by atoms with Crippen molar-refractivity contribution < 1.29 is 37.7 Å². The molecule has 0 radical (unpaired) electrons. The molecule has 130 valence electrons. The Kier molecular flexibility index (Phi) is 4.41. The normalized spacial score (nSPS) is 21.3. The van der Waals surface area contributed by atoms with E-state index in [4.69, 9.17) is 14.6 Å². The van der Waals surface area contributed by atoms with Crippen LogP contribution in [0.3, 0.4) is 0 Å². The molecule has 2 aliphatic rings. The van der Waals surface area contributed by atoms with Crippen molar-refractivity contribution in [2.24, 2.45) is 11.8 Å². The van der Waals surface area contributed by atoms with Crippen LogP contribution in [0.25, 0.3) is 0 Å². The summed E-state index contributed by atoms with van der Waals surface area (Å²) in [4.78, 5) is 23.0. The SMILES string of the molecule is O=C(NCc1cc2c(cc1OC(F)F)OCO2)[C@H]1CC[C@H]1C(=O)O. The van der Waals surface area contributed by atoms with Gasteiger partial charge in [0.05, 0.1) is 11.8 Å². The predicted octanol–water partition coefficient (Wildman–Crippen LogP) is 1.74. The third kappa shape index (κ3) is 3.19. The fourth-order valence-electron chi connectivity index (χ4n) is 2.73. The first-order chi connectivity index (χ1) is 11.5. The molecule has 3 rings (SSSR count). The van der Waals surface area contributed by atoms with E-state index < -0.39 is 30.3 Å². The number of carbonyl (C=O) groups is 2. The smallest absolute Gasteiger partial charge is 0.387 e. The van der Waals surface area contributed by atoms with Gasteiger partial charge in [0, 0.05) is 18.2 Å². The van der Waals surface area contributed by atoms with Gasteiger partial charge in [0.1, 0.15) is 5.75 Å². The van der Waals surface area contributed by atoms with Gasteiger partial charge >= 0.3 is 12.6 Å². The first kappa shape index (κ1) is 16.3. The van der Waals surface area contributed by atoms with Gasteiger partial charge in [0.2, 0.25) is 12.7 Å². The minimum atomic E-state index is -3.03. The minimum Gasteiger partial charge on any atom is -0.481 e. The van der Waals surface area contributed by atoms with Crippen LogP contribution < -0.4 is 19.5 Å². The number of aliphatic carboxylic acids is 1. The molecular weight excluding hydrogens is 328 g/mol. The highest BCUT2D eigenvalue weighted by Gasteiger charge is 2.41. The number of benzene rings is 1. The van der Waals surface area contributed by atoms with Crippen molar-refractivity contribution in [2.75, 3.05) is 6.79 Å². The van der Waals surface area contributed by atoms with E-state index >= 15 is 0 Å². The zero-order chi connectivity index (χ0) is 17.3. The average molecular weight is 343 g/mol. The van der Waals surface area contributed by atoms with Gasteiger partial charge < -0.3 is 24.6 Å². The number of alkyl halides is 2. The van der Waals surface area contributed by atoms with Crippen LogP contribution in [0.2, 0.25) is 0 Å². The summed E-state index contributed by atoms with van der Waals surface area (Å²) < 4.78 is 39.8. The Morgan fingerprint density at radius 2 is 1.92 bits per heavy atom. The van der Waals surface area contributed by atoms with Crippen LogP contribution in [-0.2, 0) is 16.1 Å². The van der Waals surface area contributed by atoms with Crippen molar-refractivity contribution in [3.8, 4) is 17.2 Å². The Balaban J connectivity index is 1.70. The number of hydrogen-bond acceptors (Lipinski definition) is 5. The average Bonchev–Trinajstić information content (AvgIpc) is 2.89. The third-order valence-corrected chi connectivity index (χ3v) is 4.15. The number of hydrogen-bond donors (Lipinski definition) is 2. The van der Waals surface area contributed by atoms with Gasteiger partial charge in [0.15, 0.2) is 11.5 Å². The van der Waals surface area contributed by atoms with Crippen LogP contribution in [0.1, 0.15) is 18.4 Å². The largest absolute Gasteiger partial charge is 0.481 e. The van der Waals surface area contributed by atoms with Crippen molar-refractivity contribution in [1.82, 2.24) is 5.32 Å². The first-order valence-corrected chi connectivity index (χ1v) is 7.33. The number of carbonyl (C=O) groups excluding carboxylic acids is 1. The number of carboxylic acid groups (broad SMARTS) is 1. The van der Waals surface area contributed by atoms with E-state index in [0.717, 1.165) is 0 Å². The Hall–Kier alpha value is -2.58. The number of ether oxygens (including phenoxy) is 3. The molecule has 1 saturated carbocycles. The van der Waals surface area contributed by atoms with Crippen LogP contribution >= 0.6 is 0 Å². The lowest BCUT2D eigenvalue weighted by Crippen LogP contribution is -2.43. The fraction of sp³-hybridized carbons (Fsp3) is 0.467. The van der Waals surface area contributed by atoms with Gasteiger partial charge in [-0.1, -0.05) is 0 Å². The van der Waals surface area contributed by atoms with Crippen LogP contribution in [0.5, 0.6) is 17.2 Å². The Labute approximate surface area is 135 Å². The summed E-state index contributed by atoms with van der Waals surface area (Å²) in [6.07, 6.45) is 0.946. The highest BCUT2D eigenvalue weighted by Crippen LogP contribution is 2.39. The van der Waals surface area contributed by atoms with Gasteiger partial charge in [-0.05, 0) is 18.9 Å². The van der Waals surface area contributed by atoms with Crippen LogP contribution in [0, 0.1) is 11.8 Å². The highest BCUT2D eigenvalue weighted by molar-refractivity contribution is 5.86. The van der Waals surface area contributed by atoms with Gasteiger partial charge in [0.25, 0.3) is 0 Å². The lowest BCUT2D eigenvalue weighted by Gasteiger charge is -2.32. The molecule has 0 aromatic heterocycles. The number of amides is 1. The minimum absolute atomic E-state index is 0.0262. The van der Waals surface area contributed by atoms with Gasteiger partial charge in [-0.2, -0.15) is 8.78 Å². The Morgan fingerprint density at radius 1 is 1.25 bits per heavy atom. The number of nitrogens with one attached hydrogen (secondary N) is 1.